The van der Waals surface area contributed by atoms with Crippen LogP contribution in [0.2, 0.25) is 0 Å². The highest BCUT2D eigenvalue weighted by Gasteiger charge is 2.28. The first-order valence-corrected chi connectivity index (χ1v) is 9.94. The van der Waals surface area contributed by atoms with Crippen LogP contribution in [-0.4, -0.2) is 53.8 Å². The van der Waals surface area contributed by atoms with E-state index in [1.165, 1.54) is 18.4 Å². The standard InChI is InChI=1S/C21H31N3O2/c1-17(25)23-13-7-10-19(16-23)21(26)22-14-20-11-5-6-12-24(20)15-18-8-3-2-4-9-18/h2-4,8-9,19-20H,5-7,10-16H2,1H3,(H,22,26)/t19-,20-/m0/s1. The molecule has 1 aromatic carbocycles. The molecule has 0 saturated carbocycles. The van der Waals surface area contributed by atoms with E-state index >= 15 is 0 Å². The Kier molecular flexibility index (Phi) is 6.67. The van der Waals surface area contributed by atoms with Gasteiger partial charge in [-0.25, -0.2) is 0 Å². The van der Waals surface area contributed by atoms with Crippen molar-refractivity contribution in [1.82, 2.24) is 15.1 Å². The summed E-state index contributed by atoms with van der Waals surface area (Å²) < 4.78 is 0. The summed E-state index contributed by atoms with van der Waals surface area (Å²) >= 11 is 0. The van der Waals surface area contributed by atoms with E-state index in [2.05, 4.69) is 34.5 Å². The van der Waals surface area contributed by atoms with E-state index in [9.17, 15) is 9.59 Å². The van der Waals surface area contributed by atoms with Gasteiger partial charge in [0.1, 0.15) is 0 Å². The number of nitrogens with one attached hydrogen (secondary N) is 1. The van der Waals surface area contributed by atoms with Crippen molar-refractivity contribution in [3.8, 4) is 0 Å². The molecule has 0 aliphatic carbocycles. The van der Waals surface area contributed by atoms with E-state index in [0.29, 0.717) is 19.1 Å². The summed E-state index contributed by atoms with van der Waals surface area (Å²) in [7, 11) is 0. The molecule has 2 saturated heterocycles. The monoisotopic (exact) mass is 357 g/mol. The molecule has 2 fully saturated rings. The number of piperidine rings is 2. The van der Waals surface area contributed by atoms with Gasteiger partial charge in [-0.05, 0) is 37.8 Å². The minimum absolute atomic E-state index is 0.0567. The third-order valence-corrected chi connectivity index (χ3v) is 5.73. The summed E-state index contributed by atoms with van der Waals surface area (Å²) in [6.07, 6.45) is 5.40. The lowest BCUT2D eigenvalue weighted by Gasteiger charge is -2.36. The highest BCUT2D eigenvalue weighted by atomic mass is 16.2. The van der Waals surface area contributed by atoms with Crippen molar-refractivity contribution in [3.63, 3.8) is 0 Å². The lowest BCUT2D eigenvalue weighted by molar-refractivity contribution is -0.134. The Bertz CT molecular complexity index is 605. The highest BCUT2D eigenvalue weighted by molar-refractivity contribution is 5.80. The van der Waals surface area contributed by atoms with Crippen molar-refractivity contribution in [2.45, 2.75) is 51.6 Å². The number of rotatable bonds is 5. The van der Waals surface area contributed by atoms with Crippen molar-refractivity contribution in [2.24, 2.45) is 5.92 Å². The molecule has 1 aromatic rings. The zero-order valence-corrected chi connectivity index (χ0v) is 15.8. The smallest absolute Gasteiger partial charge is 0.224 e. The summed E-state index contributed by atoms with van der Waals surface area (Å²) in [5.41, 5.74) is 1.33. The van der Waals surface area contributed by atoms with Crippen LogP contribution in [0.4, 0.5) is 0 Å². The van der Waals surface area contributed by atoms with Gasteiger partial charge in [-0.15, -0.1) is 0 Å². The van der Waals surface area contributed by atoms with Crippen LogP contribution in [0, 0.1) is 5.92 Å². The minimum Gasteiger partial charge on any atom is -0.354 e. The van der Waals surface area contributed by atoms with Gasteiger partial charge in [-0.3, -0.25) is 14.5 Å². The Morgan fingerprint density at radius 1 is 1.08 bits per heavy atom. The molecule has 26 heavy (non-hydrogen) atoms. The molecule has 5 nitrogen and oxygen atoms in total. The molecule has 1 N–H and O–H groups in total. The summed E-state index contributed by atoms with van der Waals surface area (Å²) in [6.45, 7) is 5.69. The molecule has 2 heterocycles. The maximum absolute atomic E-state index is 12.6. The fourth-order valence-electron chi connectivity index (χ4n) is 4.16. The molecule has 0 aromatic heterocycles. The van der Waals surface area contributed by atoms with Crippen LogP contribution in [0.3, 0.4) is 0 Å². The Morgan fingerprint density at radius 3 is 2.65 bits per heavy atom. The molecule has 142 valence electrons. The van der Waals surface area contributed by atoms with E-state index in [-0.39, 0.29) is 17.7 Å². The van der Waals surface area contributed by atoms with Gasteiger partial charge < -0.3 is 10.2 Å². The highest BCUT2D eigenvalue weighted by Crippen LogP contribution is 2.20. The van der Waals surface area contributed by atoms with Crippen LogP contribution in [0.1, 0.15) is 44.6 Å². The molecule has 0 radical (unpaired) electrons. The largest absolute Gasteiger partial charge is 0.354 e. The second-order valence-electron chi connectivity index (χ2n) is 7.66. The lowest BCUT2D eigenvalue weighted by Crippen LogP contribution is -2.49. The van der Waals surface area contributed by atoms with Crippen molar-refractivity contribution >= 4 is 11.8 Å². The van der Waals surface area contributed by atoms with Crippen LogP contribution in [0.15, 0.2) is 30.3 Å². The molecule has 2 amide bonds. The maximum Gasteiger partial charge on any atom is 0.224 e. The Labute approximate surface area is 156 Å². The molecule has 3 rings (SSSR count). The minimum atomic E-state index is -0.0567. The number of hydrogen-bond acceptors (Lipinski definition) is 3. The number of carbonyl (C=O) groups excluding carboxylic acids is 2. The Hall–Kier alpha value is -1.88. The van der Waals surface area contributed by atoms with Gasteiger partial charge in [0, 0.05) is 39.1 Å². The normalized spacial score (nSPS) is 24.3. The number of amides is 2. The van der Waals surface area contributed by atoms with Crippen LogP contribution in [0.25, 0.3) is 0 Å². The molecule has 0 bridgehead atoms. The second-order valence-corrected chi connectivity index (χ2v) is 7.66. The van der Waals surface area contributed by atoms with Gasteiger partial charge in [-0.1, -0.05) is 36.8 Å². The molecule has 2 aliphatic rings. The predicted molar refractivity (Wildman–Crippen MR) is 102 cm³/mol. The van der Waals surface area contributed by atoms with Crippen molar-refractivity contribution in [1.29, 1.82) is 0 Å². The third-order valence-electron chi connectivity index (χ3n) is 5.73. The molecular weight excluding hydrogens is 326 g/mol. The van der Waals surface area contributed by atoms with E-state index in [1.54, 1.807) is 11.8 Å². The Morgan fingerprint density at radius 2 is 1.88 bits per heavy atom. The number of hydrogen-bond donors (Lipinski definition) is 1. The molecule has 2 atom stereocenters. The number of likely N-dealkylation sites (tertiary alicyclic amines) is 2. The van der Waals surface area contributed by atoms with Crippen molar-refractivity contribution in [3.05, 3.63) is 35.9 Å². The zero-order chi connectivity index (χ0) is 18.4. The van der Waals surface area contributed by atoms with E-state index in [0.717, 1.165) is 38.9 Å². The summed E-state index contributed by atoms with van der Waals surface area (Å²) in [4.78, 5) is 28.5. The zero-order valence-electron chi connectivity index (χ0n) is 15.8. The topological polar surface area (TPSA) is 52.7 Å². The quantitative estimate of drug-likeness (QED) is 0.880. The third kappa shape index (κ3) is 5.07. The molecule has 5 heteroatoms. The maximum atomic E-state index is 12.6. The molecular formula is C21H31N3O2. The number of benzene rings is 1. The van der Waals surface area contributed by atoms with Gasteiger partial charge in [0.15, 0.2) is 0 Å². The van der Waals surface area contributed by atoms with Gasteiger partial charge >= 0.3 is 0 Å². The van der Waals surface area contributed by atoms with E-state index in [4.69, 9.17) is 0 Å². The average molecular weight is 357 g/mol. The van der Waals surface area contributed by atoms with Crippen LogP contribution >= 0.6 is 0 Å². The van der Waals surface area contributed by atoms with Crippen LogP contribution < -0.4 is 5.32 Å². The summed E-state index contributed by atoms with van der Waals surface area (Å²) in [6, 6.07) is 11.0. The first kappa shape index (κ1) is 18.9. The first-order chi connectivity index (χ1) is 12.6. The van der Waals surface area contributed by atoms with Crippen molar-refractivity contribution < 1.29 is 9.59 Å². The van der Waals surface area contributed by atoms with E-state index in [1.807, 2.05) is 6.07 Å². The van der Waals surface area contributed by atoms with Gasteiger partial charge in [0.2, 0.25) is 11.8 Å². The van der Waals surface area contributed by atoms with Crippen molar-refractivity contribution in [2.75, 3.05) is 26.2 Å². The van der Waals surface area contributed by atoms with Crippen LogP contribution in [0.5, 0.6) is 0 Å². The second kappa shape index (κ2) is 9.17. The fraction of sp³-hybridized carbons (Fsp3) is 0.619. The molecule has 2 aliphatic heterocycles. The lowest BCUT2D eigenvalue weighted by atomic mass is 9.96. The average Bonchev–Trinajstić information content (AvgIpc) is 2.68. The van der Waals surface area contributed by atoms with E-state index < -0.39 is 0 Å². The fourth-order valence-corrected chi connectivity index (χ4v) is 4.16. The molecule has 0 unspecified atom stereocenters. The number of nitrogens with zero attached hydrogens (tertiary/aromatic N) is 2. The SMILES string of the molecule is CC(=O)N1CCC[C@H](C(=O)NC[C@@H]2CCCCN2Cc2ccccc2)C1. The number of carbonyl (C=O) groups is 2. The Balaban J connectivity index is 1.51. The molecule has 0 spiro atoms. The van der Waals surface area contributed by atoms with Gasteiger partial charge in [0.05, 0.1) is 5.92 Å². The van der Waals surface area contributed by atoms with Crippen LogP contribution in [-0.2, 0) is 16.1 Å². The first-order valence-electron chi connectivity index (χ1n) is 9.94. The predicted octanol–water partition coefficient (Wildman–Crippen LogP) is 2.42. The summed E-state index contributed by atoms with van der Waals surface area (Å²) in [5.74, 6) is 0.129. The van der Waals surface area contributed by atoms with Gasteiger partial charge in [-0.2, -0.15) is 0 Å². The summed E-state index contributed by atoms with van der Waals surface area (Å²) in [5, 5.41) is 3.18. The van der Waals surface area contributed by atoms with Gasteiger partial charge in [0.25, 0.3) is 0 Å².